The average Bonchev–Trinajstić information content (AvgIpc) is 2.69. The highest BCUT2D eigenvalue weighted by Crippen LogP contribution is 2.34. The first-order valence-electron chi connectivity index (χ1n) is 9.21. The lowest BCUT2D eigenvalue weighted by atomic mass is 10.1. The highest BCUT2D eigenvalue weighted by atomic mass is 32.2. The number of amides is 1. The molecule has 0 spiro atoms. The van der Waals surface area contributed by atoms with Crippen molar-refractivity contribution in [3.8, 4) is 11.5 Å². The van der Waals surface area contributed by atoms with Crippen molar-refractivity contribution in [2.24, 2.45) is 0 Å². The summed E-state index contributed by atoms with van der Waals surface area (Å²) in [7, 11) is -3.68. The Bertz CT molecular complexity index is 963. The number of nitrogens with one attached hydrogen (secondary N) is 1. The van der Waals surface area contributed by atoms with Gasteiger partial charge in [0.2, 0.25) is 15.9 Å². The fourth-order valence-electron chi connectivity index (χ4n) is 2.94. The summed E-state index contributed by atoms with van der Waals surface area (Å²) in [4.78, 5) is 12.3. The second kappa shape index (κ2) is 9.13. The van der Waals surface area contributed by atoms with Gasteiger partial charge < -0.3 is 14.8 Å². The fraction of sp³-hybridized carbons (Fsp3) is 0.350. The number of ether oxygens (including phenoxy) is 2. The third kappa shape index (κ3) is 5.83. The summed E-state index contributed by atoms with van der Waals surface area (Å²) in [6, 6.07) is 10.9. The number of anilines is 1. The van der Waals surface area contributed by atoms with Gasteiger partial charge in [-0.15, -0.1) is 0 Å². The number of hydrogen-bond acceptors (Lipinski definition) is 5. The van der Waals surface area contributed by atoms with Gasteiger partial charge in [0.25, 0.3) is 0 Å². The van der Waals surface area contributed by atoms with Crippen molar-refractivity contribution in [2.75, 3.05) is 36.9 Å². The number of sulfonamides is 1. The first-order chi connectivity index (χ1) is 13.8. The first-order valence-corrected chi connectivity index (χ1v) is 11.1. The minimum Gasteiger partial charge on any atom is -0.486 e. The molecule has 2 aromatic carbocycles. The van der Waals surface area contributed by atoms with Crippen LogP contribution < -0.4 is 19.1 Å². The molecule has 0 radical (unpaired) electrons. The van der Waals surface area contributed by atoms with Crippen LogP contribution in [-0.4, -0.2) is 46.9 Å². The number of benzene rings is 2. The summed E-state index contributed by atoms with van der Waals surface area (Å²) < 4.78 is 49.3. The fourth-order valence-corrected chi connectivity index (χ4v) is 3.79. The van der Waals surface area contributed by atoms with Gasteiger partial charge in [0.05, 0.1) is 11.9 Å². The van der Waals surface area contributed by atoms with Crippen LogP contribution in [0.15, 0.2) is 42.5 Å². The van der Waals surface area contributed by atoms with Crippen molar-refractivity contribution < 1.29 is 27.1 Å². The lowest BCUT2D eigenvalue weighted by Crippen LogP contribution is -2.40. The Kier molecular flexibility index (Phi) is 6.58. The minimum absolute atomic E-state index is 0.290. The van der Waals surface area contributed by atoms with Crippen LogP contribution >= 0.6 is 0 Å². The van der Waals surface area contributed by atoms with Crippen LogP contribution in [0.3, 0.4) is 0 Å². The molecule has 0 fully saturated rings. The second-order valence-corrected chi connectivity index (χ2v) is 8.58. The zero-order valence-electron chi connectivity index (χ0n) is 16.1. The van der Waals surface area contributed by atoms with Crippen molar-refractivity contribution in [3.63, 3.8) is 0 Å². The Morgan fingerprint density at radius 2 is 1.79 bits per heavy atom. The van der Waals surface area contributed by atoms with E-state index in [1.165, 1.54) is 12.1 Å². The molecule has 1 N–H and O–H groups in total. The van der Waals surface area contributed by atoms with Gasteiger partial charge in [0.15, 0.2) is 11.5 Å². The number of fused-ring (bicyclic) bond motifs is 1. The number of carbonyl (C=O) groups is 1. The molecule has 0 saturated heterocycles. The maximum atomic E-state index is 12.9. The largest absolute Gasteiger partial charge is 0.486 e. The van der Waals surface area contributed by atoms with Crippen LogP contribution in [0.25, 0.3) is 0 Å². The lowest BCUT2D eigenvalue weighted by Gasteiger charge is -2.24. The molecule has 0 atom stereocenters. The molecule has 1 aliphatic heterocycles. The Hall–Kier alpha value is -2.81. The number of rotatable bonds is 8. The standard InChI is InChI=1S/C20H23FN2O5S/c1-29(25,26)23(17-8-9-18-19(13-17)28-12-11-27-18)14-20(24)22-10-2-3-15-4-6-16(21)7-5-15/h4-9,13H,2-3,10-12,14H2,1H3,(H,22,24). The van der Waals surface area contributed by atoms with Crippen LogP contribution in [0.4, 0.5) is 10.1 Å². The highest BCUT2D eigenvalue weighted by Gasteiger charge is 2.23. The molecule has 0 aromatic heterocycles. The SMILES string of the molecule is CS(=O)(=O)N(CC(=O)NCCCc1ccc(F)cc1)c1ccc2c(c1)OCCO2. The topological polar surface area (TPSA) is 84.9 Å². The monoisotopic (exact) mass is 422 g/mol. The zero-order chi connectivity index (χ0) is 20.9. The maximum absolute atomic E-state index is 12.9. The maximum Gasteiger partial charge on any atom is 0.240 e. The van der Waals surface area contributed by atoms with E-state index < -0.39 is 15.9 Å². The van der Waals surface area contributed by atoms with Crippen molar-refractivity contribution in [1.29, 1.82) is 0 Å². The molecule has 9 heteroatoms. The van der Waals surface area contributed by atoms with Gasteiger partial charge >= 0.3 is 0 Å². The van der Waals surface area contributed by atoms with E-state index in [0.717, 1.165) is 16.1 Å². The second-order valence-electron chi connectivity index (χ2n) is 6.68. The Morgan fingerprint density at radius 3 is 2.48 bits per heavy atom. The molecule has 156 valence electrons. The molecule has 3 rings (SSSR count). The quantitative estimate of drug-likeness (QED) is 0.659. The molecule has 0 aliphatic carbocycles. The van der Waals surface area contributed by atoms with Crippen LogP contribution in [0.1, 0.15) is 12.0 Å². The van der Waals surface area contributed by atoms with Gasteiger partial charge in [-0.25, -0.2) is 12.8 Å². The molecular formula is C20H23FN2O5S. The minimum atomic E-state index is -3.68. The molecule has 29 heavy (non-hydrogen) atoms. The number of aryl methyl sites for hydroxylation is 1. The normalized spacial score (nSPS) is 13.0. The summed E-state index contributed by atoms with van der Waals surface area (Å²) in [6.45, 7) is 0.857. The molecule has 0 unspecified atom stereocenters. The van der Waals surface area contributed by atoms with Crippen molar-refractivity contribution in [1.82, 2.24) is 5.32 Å². The molecule has 7 nitrogen and oxygen atoms in total. The number of hydrogen-bond donors (Lipinski definition) is 1. The average molecular weight is 422 g/mol. The summed E-state index contributed by atoms with van der Waals surface area (Å²) in [5, 5.41) is 2.72. The molecule has 1 heterocycles. The van der Waals surface area contributed by atoms with Gasteiger partial charge in [-0.1, -0.05) is 12.1 Å². The molecule has 2 aromatic rings. The van der Waals surface area contributed by atoms with E-state index >= 15 is 0 Å². The van der Waals surface area contributed by atoms with Gasteiger partial charge in [-0.3, -0.25) is 9.10 Å². The van der Waals surface area contributed by atoms with Gasteiger partial charge in [-0.05, 0) is 42.7 Å². The van der Waals surface area contributed by atoms with Crippen molar-refractivity contribution >= 4 is 21.6 Å². The Balaban J connectivity index is 1.57. The van der Waals surface area contributed by atoms with E-state index in [1.54, 1.807) is 30.3 Å². The third-order valence-electron chi connectivity index (χ3n) is 4.38. The first kappa shape index (κ1) is 20.9. The molecular weight excluding hydrogens is 399 g/mol. The van der Waals surface area contributed by atoms with E-state index in [4.69, 9.17) is 9.47 Å². The summed E-state index contributed by atoms with van der Waals surface area (Å²) in [5.41, 5.74) is 1.30. The molecule has 0 saturated carbocycles. The highest BCUT2D eigenvalue weighted by molar-refractivity contribution is 7.92. The van der Waals surface area contributed by atoms with Crippen molar-refractivity contribution in [2.45, 2.75) is 12.8 Å². The van der Waals surface area contributed by atoms with E-state index in [-0.39, 0.29) is 12.4 Å². The summed E-state index contributed by atoms with van der Waals surface area (Å²) >= 11 is 0. The van der Waals surface area contributed by atoms with Gasteiger partial charge in [0.1, 0.15) is 25.6 Å². The predicted molar refractivity (Wildman–Crippen MR) is 107 cm³/mol. The van der Waals surface area contributed by atoms with E-state index in [1.807, 2.05) is 0 Å². The zero-order valence-corrected chi connectivity index (χ0v) is 16.9. The molecule has 1 aliphatic rings. The molecule has 0 bridgehead atoms. The predicted octanol–water partition coefficient (Wildman–Crippen LogP) is 2.11. The number of nitrogens with zero attached hydrogens (tertiary/aromatic N) is 1. The van der Waals surface area contributed by atoms with E-state index in [2.05, 4.69) is 5.32 Å². The molecule has 1 amide bonds. The van der Waals surface area contributed by atoms with Gasteiger partial charge in [0, 0.05) is 12.6 Å². The van der Waals surface area contributed by atoms with E-state index in [0.29, 0.717) is 49.8 Å². The summed E-state index contributed by atoms with van der Waals surface area (Å²) in [6.07, 6.45) is 2.38. The van der Waals surface area contributed by atoms with Crippen LogP contribution in [0.2, 0.25) is 0 Å². The number of halogens is 1. The smallest absolute Gasteiger partial charge is 0.240 e. The van der Waals surface area contributed by atoms with Crippen LogP contribution in [0.5, 0.6) is 11.5 Å². The number of carbonyl (C=O) groups excluding carboxylic acids is 1. The van der Waals surface area contributed by atoms with Crippen LogP contribution in [-0.2, 0) is 21.2 Å². The lowest BCUT2D eigenvalue weighted by molar-refractivity contribution is -0.119. The van der Waals surface area contributed by atoms with E-state index in [9.17, 15) is 17.6 Å². The Labute approximate surface area is 169 Å². The van der Waals surface area contributed by atoms with Gasteiger partial charge in [-0.2, -0.15) is 0 Å². The third-order valence-corrected chi connectivity index (χ3v) is 5.52. The van der Waals surface area contributed by atoms with Crippen molar-refractivity contribution in [3.05, 3.63) is 53.8 Å². The summed E-state index contributed by atoms with van der Waals surface area (Å²) in [5.74, 6) is 0.285. The Morgan fingerprint density at radius 1 is 1.10 bits per heavy atom. The van der Waals surface area contributed by atoms with Crippen LogP contribution in [0, 0.1) is 5.82 Å².